The summed E-state index contributed by atoms with van der Waals surface area (Å²) in [5.41, 5.74) is 2.80. The second-order valence-corrected chi connectivity index (χ2v) is 6.11. The van der Waals surface area contributed by atoms with Crippen molar-refractivity contribution in [3.05, 3.63) is 11.4 Å². The topological polar surface area (TPSA) is 46.9 Å². The van der Waals surface area contributed by atoms with Crippen LogP contribution in [0.2, 0.25) is 0 Å². The van der Waals surface area contributed by atoms with Crippen molar-refractivity contribution in [2.45, 2.75) is 65.2 Å². The van der Waals surface area contributed by atoms with Gasteiger partial charge in [0, 0.05) is 13.5 Å². The second kappa shape index (κ2) is 6.91. The van der Waals surface area contributed by atoms with Crippen LogP contribution in [0.1, 0.15) is 62.8 Å². The lowest BCUT2D eigenvalue weighted by molar-refractivity contribution is -0.116. The summed E-state index contributed by atoms with van der Waals surface area (Å²) in [4.78, 5) is 12.0. The Morgan fingerprint density at radius 2 is 2.00 bits per heavy atom. The SMILES string of the molecule is Cc1nn(C)c(C)c1NC(=O)CCCC1CCCCC1. The molecule has 0 bridgehead atoms. The molecule has 1 aromatic heterocycles. The molecule has 0 aliphatic heterocycles. The number of anilines is 1. The smallest absolute Gasteiger partial charge is 0.224 e. The minimum atomic E-state index is 0.125. The highest BCUT2D eigenvalue weighted by molar-refractivity contribution is 5.91. The van der Waals surface area contributed by atoms with E-state index in [0.29, 0.717) is 6.42 Å². The average Bonchev–Trinajstić information content (AvgIpc) is 2.67. The van der Waals surface area contributed by atoms with Crippen molar-refractivity contribution < 1.29 is 4.79 Å². The highest BCUT2D eigenvalue weighted by Gasteiger charge is 2.15. The highest BCUT2D eigenvalue weighted by Crippen LogP contribution is 2.27. The molecule has 1 saturated carbocycles. The molecule has 1 aliphatic carbocycles. The van der Waals surface area contributed by atoms with Crippen molar-refractivity contribution >= 4 is 11.6 Å². The molecule has 4 nitrogen and oxygen atoms in total. The predicted molar refractivity (Wildman–Crippen MR) is 81.7 cm³/mol. The number of aryl methyl sites for hydroxylation is 2. The molecule has 1 aliphatic rings. The van der Waals surface area contributed by atoms with Crippen LogP contribution in [0.15, 0.2) is 0 Å². The Bertz CT molecular complexity index is 459. The molecule has 0 saturated heterocycles. The molecule has 1 amide bonds. The van der Waals surface area contributed by atoms with Crippen LogP contribution in [0.3, 0.4) is 0 Å². The Morgan fingerprint density at radius 3 is 2.60 bits per heavy atom. The minimum Gasteiger partial charge on any atom is -0.323 e. The number of carbonyl (C=O) groups excluding carboxylic acids is 1. The van der Waals surface area contributed by atoms with Crippen molar-refractivity contribution in [2.75, 3.05) is 5.32 Å². The van der Waals surface area contributed by atoms with Crippen molar-refractivity contribution in [3.8, 4) is 0 Å². The van der Waals surface area contributed by atoms with Crippen molar-refractivity contribution in [1.29, 1.82) is 0 Å². The van der Waals surface area contributed by atoms with E-state index in [1.54, 1.807) is 0 Å². The summed E-state index contributed by atoms with van der Waals surface area (Å²) >= 11 is 0. The van der Waals surface area contributed by atoms with E-state index >= 15 is 0 Å². The van der Waals surface area contributed by atoms with E-state index in [1.807, 2.05) is 25.6 Å². The Kier molecular flexibility index (Phi) is 5.21. The largest absolute Gasteiger partial charge is 0.323 e. The zero-order chi connectivity index (χ0) is 14.5. The molecule has 0 spiro atoms. The van der Waals surface area contributed by atoms with Gasteiger partial charge in [0.1, 0.15) is 0 Å². The Balaban J connectivity index is 1.75. The third-order valence-electron chi connectivity index (χ3n) is 4.51. The fraction of sp³-hybridized carbons (Fsp3) is 0.750. The zero-order valence-electron chi connectivity index (χ0n) is 13.0. The molecule has 0 aromatic carbocycles. The van der Waals surface area contributed by atoms with Crippen LogP contribution < -0.4 is 5.32 Å². The molecule has 0 unspecified atom stereocenters. The summed E-state index contributed by atoms with van der Waals surface area (Å²) in [5.74, 6) is 0.985. The van der Waals surface area contributed by atoms with E-state index in [1.165, 1.54) is 38.5 Å². The summed E-state index contributed by atoms with van der Waals surface area (Å²) < 4.78 is 1.81. The van der Waals surface area contributed by atoms with Gasteiger partial charge < -0.3 is 5.32 Å². The number of hydrogen-bond donors (Lipinski definition) is 1. The molecule has 0 radical (unpaired) electrons. The summed E-state index contributed by atoms with van der Waals surface area (Å²) in [5, 5.41) is 7.33. The monoisotopic (exact) mass is 277 g/mol. The number of carbonyl (C=O) groups is 1. The van der Waals surface area contributed by atoms with Crippen LogP contribution >= 0.6 is 0 Å². The van der Waals surface area contributed by atoms with Crippen LogP contribution in [0.5, 0.6) is 0 Å². The fourth-order valence-corrected chi connectivity index (χ4v) is 3.18. The number of amides is 1. The molecule has 2 rings (SSSR count). The van der Waals surface area contributed by atoms with E-state index in [0.717, 1.165) is 29.4 Å². The van der Waals surface area contributed by atoms with E-state index in [-0.39, 0.29) is 5.91 Å². The number of nitrogens with one attached hydrogen (secondary N) is 1. The van der Waals surface area contributed by atoms with E-state index < -0.39 is 0 Å². The lowest BCUT2D eigenvalue weighted by Gasteiger charge is -2.21. The van der Waals surface area contributed by atoms with Gasteiger partial charge >= 0.3 is 0 Å². The normalized spacial score (nSPS) is 16.4. The van der Waals surface area contributed by atoms with Crippen LogP contribution in [-0.2, 0) is 11.8 Å². The molecule has 112 valence electrons. The highest BCUT2D eigenvalue weighted by atomic mass is 16.1. The first-order valence-electron chi connectivity index (χ1n) is 7.88. The molecular formula is C16H27N3O. The van der Waals surface area contributed by atoms with Gasteiger partial charge in [-0.1, -0.05) is 32.1 Å². The van der Waals surface area contributed by atoms with Gasteiger partial charge in [-0.05, 0) is 32.6 Å². The van der Waals surface area contributed by atoms with E-state index in [4.69, 9.17) is 0 Å². The van der Waals surface area contributed by atoms with Gasteiger partial charge in [-0.15, -0.1) is 0 Å². The van der Waals surface area contributed by atoms with E-state index in [2.05, 4.69) is 10.4 Å². The molecule has 1 fully saturated rings. The minimum absolute atomic E-state index is 0.125. The average molecular weight is 277 g/mol. The third-order valence-corrected chi connectivity index (χ3v) is 4.51. The number of nitrogens with zero attached hydrogens (tertiary/aromatic N) is 2. The van der Waals surface area contributed by atoms with Gasteiger partial charge in [0.15, 0.2) is 0 Å². The molecule has 4 heteroatoms. The fourth-order valence-electron chi connectivity index (χ4n) is 3.18. The van der Waals surface area contributed by atoms with Crippen molar-refractivity contribution in [3.63, 3.8) is 0 Å². The van der Waals surface area contributed by atoms with Crippen LogP contribution in [0, 0.1) is 19.8 Å². The van der Waals surface area contributed by atoms with Gasteiger partial charge in [0.25, 0.3) is 0 Å². The first-order chi connectivity index (χ1) is 9.58. The summed E-state index contributed by atoms with van der Waals surface area (Å²) in [6.45, 7) is 3.92. The molecule has 0 atom stereocenters. The quantitative estimate of drug-likeness (QED) is 0.891. The lowest BCUT2D eigenvalue weighted by Crippen LogP contribution is -2.14. The predicted octanol–water partition coefficient (Wildman–Crippen LogP) is 3.73. The Morgan fingerprint density at radius 1 is 1.30 bits per heavy atom. The van der Waals surface area contributed by atoms with Crippen LogP contribution in [0.4, 0.5) is 5.69 Å². The van der Waals surface area contributed by atoms with Crippen LogP contribution in [0.25, 0.3) is 0 Å². The second-order valence-electron chi connectivity index (χ2n) is 6.11. The number of aromatic nitrogens is 2. The molecule has 1 heterocycles. The van der Waals surface area contributed by atoms with Gasteiger partial charge in [-0.2, -0.15) is 5.10 Å². The maximum atomic E-state index is 12.0. The van der Waals surface area contributed by atoms with Gasteiger partial charge in [0.2, 0.25) is 5.91 Å². The summed E-state index contributed by atoms with van der Waals surface area (Å²) in [6.07, 6.45) is 9.73. The number of rotatable bonds is 5. The first kappa shape index (κ1) is 15.1. The zero-order valence-corrected chi connectivity index (χ0v) is 13.0. The first-order valence-corrected chi connectivity index (χ1v) is 7.88. The Hall–Kier alpha value is -1.32. The van der Waals surface area contributed by atoms with E-state index in [9.17, 15) is 4.79 Å². The maximum Gasteiger partial charge on any atom is 0.224 e. The molecule has 20 heavy (non-hydrogen) atoms. The molecular weight excluding hydrogens is 250 g/mol. The standard InChI is InChI=1S/C16H27N3O/c1-12-16(13(2)19(3)18-12)17-15(20)11-7-10-14-8-5-4-6-9-14/h14H,4-11H2,1-3H3,(H,17,20). The summed E-state index contributed by atoms with van der Waals surface area (Å²) in [7, 11) is 1.90. The third kappa shape index (κ3) is 3.84. The van der Waals surface area contributed by atoms with Crippen molar-refractivity contribution in [2.24, 2.45) is 13.0 Å². The molecule has 1 N–H and O–H groups in total. The summed E-state index contributed by atoms with van der Waals surface area (Å²) in [6, 6.07) is 0. The van der Waals surface area contributed by atoms with Gasteiger partial charge in [-0.3, -0.25) is 9.48 Å². The van der Waals surface area contributed by atoms with Gasteiger partial charge in [0.05, 0.1) is 17.1 Å². The van der Waals surface area contributed by atoms with Crippen molar-refractivity contribution in [1.82, 2.24) is 9.78 Å². The number of hydrogen-bond acceptors (Lipinski definition) is 2. The molecule has 1 aromatic rings. The maximum absolute atomic E-state index is 12.0. The van der Waals surface area contributed by atoms with Gasteiger partial charge in [-0.25, -0.2) is 0 Å². The van der Waals surface area contributed by atoms with Crippen LogP contribution in [-0.4, -0.2) is 15.7 Å². The Labute approximate surface area is 121 Å². The lowest BCUT2D eigenvalue weighted by atomic mass is 9.86.